The first-order chi connectivity index (χ1) is 18.4. The van der Waals surface area contributed by atoms with Gasteiger partial charge in [-0.25, -0.2) is 0 Å². The third-order valence-corrected chi connectivity index (χ3v) is 6.70. The lowest BCUT2D eigenvalue weighted by atomic mass is 10.0. The molecule has 0 aromatic heterocycles. The van der Waals surface area contributed by atoms with Crippen molar-refractivity contribution < 1.29 is 0 Å². The zero-order valence-electron chi connectivity index (χ0n) is 26.6. The fourth-order valence-electron chi connectivity index (χ4n) is 3.69. The van der Waals surface area contributed by atoms with E-state index in [1.54, 1.807) is 0 Å². The Bertz CT molecular complexity index is 1010. The number of benzene rings is 4. The highest BCUT2D eigenvalue weighted by molar-refractivity contribution is 5.25. The highest BCUT2D eigenvalue weighted by Crippen LogP contribution is 2.15. The minimum atomic E-state index is 0. The average Bonchev–Trinajstić information content (AvgIpc) is 2.91. The third-order valence-electron chi connectivity index (χ3n) is 6.70. The van der Waals surface area contributed by atoms with Gasteiger partial charge in [-0.2, -0.15) is 0 Å². The molecule has 0 atom stereocenters. The number of hydrogen-bond acceptors (Lipinski definition) is 0. The SMILES string of the molecule is C.CC(C)c1ccccc1.Cc1ccc(C(C)C)cc1.Cc1ccc(C(C)C)cc1.Cc1ccc(C(C)C)cc1. The molecule has 218 valence electrons. The summed E-state index contributed by atoms with van der Waals surface area (Å²) >= 11 is 0. The molecule has 0 saturated carbocycles. The molecule has 40 heavy (non-hydrogen) atoms. The molecule has 0 amide bonds. The smallest absolute Gasteiger partial charge is 0.0219 e. The summed E-state index contributed by atoms with van der Waals surface area (Å²) in [6.07, 6.45) is 0. The van der Waals surface area contributed by atoms with Crippen LogP contribution in [0.1, 0.15) is 125 Å². The molecular formula is C40H58. The molecule has 0 aliphatic rings. The van der Waals surface area contributed by atoms with Gasteiger partial charge >= 0.3 is 0 Å². The second kappa shape index (κ2) is 19.9. The maximum Gasteiger partial charge on any atom is -0.0219 e. The first kappa shape index (κ1) is 36.9. The molecule has 0 aliphatic carbocycles. The van der Waals surface area contributed by atoms with Crippen molar-refractivity contribution in [1.82, 2.24) is 0 Å². The summed E-state index contributed by atoms with van der Waals surface area (Å²) < 4.78 is 0. The molecule has 0 N–H and O–H groups in total. The molecule has 0 heterocycles. The van der Waals surface area contributed by atoms with Gasteiger partial charge in [0.15, 0.2) is 0 Å². The van der Waals surface area contributed by atoms with E-state index in [9.17, 15) is 0 Å². The van der Waals surface area contributed by atoms with E-state index in [0.717, 1.165) is 0 Å². The van der Waals surface area contributed by atoms with E-state index in [0.29, 0.717) is 23.7 Å². The highest BCUT2D eigenvalue weighted by atomic mass is 14.0. The van der Waals surface area contributed by atoms with Gasteiger partial charge in [0, 0.05) is 0 Å². The van der Waals surface area contributed by atoms with Crippen molar-refractivity contribution >= 4 is 0 Å². The molecule has 0 bridgehead atoms. The molecule has 0 spiro atoms. The van der Waals surface area contributed by atoms with Crippen molar-refractivity contribution in [3.63, 3.8) is 0 Å². The zero-order chi connectivity index (χ0) is 29.4. The first-order valence-corrected chi connectivity index (χ1v) is 14.6. The average molecular weight is 539 g/mol. The Morgan fingerprint density at radius 2 is 0.500 bits per heavy atom. The van der Waals surface area contributed by atoms with Crippen LogP contribution in [0.3, 0.4) is 0 Å². The van der Waals surface area contributed by atoms with Crippen molar-refractivity contribution in [2.75, 3.05) is 0 Å². The summed E-state index contributed by atoms with van der Waals surface area (Å²) in [5.41, 5.74) is 9.69. The molecule has 0 aliphatic heterocycles. The van der Waals surface area contributed by atoms with Gasteiger partial charge < -0.3 is 0 Å². The molecular weight excluding hydrogens is 480 g/mol. The van der Waals surface area contributed by atoms with Crippen molar-refractivity contribution in [3.05, 3.63) is 142 Å². The molecule has 4 aromatic carbocycles. The van der Waals surface area contributed by atoms with Crippen LogP contribution in [0.2, 0.25) is 0 Å². The Hall–Kier alpha value is -3.12. The van der Waals surface area contributed by atoms with Crippen molar-refractivity contribution in [2.24, 2.45) is 0 Å². The van der Waals surface area contributed by atoms with E-state index in [4.69, 9.17) is 0 Å². The monoisotopic (exact) mass is 538 g/mol. The van der Waals surface area contributed by atoms with Gasteiger partial charge in [-0.05, 0) is 66.7 Å². The second-order valence-electron chi connectivity index (χ2n) is 11.8. The topological polar surface area (TPSA) is 0 Å². The van der Waals surface area contributed by atoms with Crippen LogP contribution in [0.15, 0.2) is 103 Å². The zero-order valence-corrected chi connectivity index (χ0v) is 26.6. The first-order valence-electron chi connectivity index (χ1n) is 14.6. The molecule has 0 nitrogen and oxygen atoms in total. The van der Waals surface area contributed by atoms with Crippen LogP contribution in [0.4, 0.5) is 0 Å². The van der Waals surface area contributed by atoms with Crippen LogP contribution in [0.5, 0.6) is 0 Å². The number of hydrogen-bond donors (Lipinski definition) is 0. The molecule has 0 heteroatoms. The molecule has 4 rings (SSSR count). The van der Waals surface area contributed by atoms with Crippen molar-refractivity contribution in [3.8, 4) is 0 Å². The summed E-state index contributed by atoms with van der Waals surface area (Å²) in [6, 6.07) is 36.7. The van der Waals surface area contributed by atoms with E-state index >= 15 is 0 Å². The van der Waals surface area contributed by atoms with Crippen molar-refractivity contribution in [2.45, 2.75) is 107 Å². The minimum absolute atomic E-state index is 0. The predicted octanol–water partition coefficient (Wildman–Crippen LogP) is 12.8. The van der Waals surface area contributed by atoms with E-state index in [1.807, 2.05) is 6.07 Å². The Balaban J connectivity index is 0.000000503. The second-order valence-corrected chi connectivity index (χ2v) is 11.8. The van der Waals surface area contributed by atoms with Gasteiger partial charge in [-0.15, -0.1) is 0 Å². The Kier molecular flexibility index (Phi) is 18.3. The predicted molar refractivity (Wildman–Crippen MR) is 183 cm³/mol. The largest absolute Gasteiger partial charge is 0.0776 e. The molecule has 0 unspecified atom stereocenters. The standard InChI is InChI=1S/3C10H14.C9H12.CH4/c3*1-8(2)10-6-4-9(3)5-7-10;1-8(2)9-6-4-3-5-7-9;/h3*4-8H,1-3H3;3-8H,1-2H3;1H4. The van der Waals surface area contributed by atoms with Crippen LogP contribution >= 0.6 is 0 Å². The van der Waals surface area contributed by atoms with Crippen LogP contribution < -0.4 is 0 Å². The molecule has 0 fully saturated rings. The normalized spacial score (nSPS) is 10.1. The molecule has 0 radical (unpaired) electrons. The Morgan fingerprint density at radius 3 is 0.675 bits per heavy atom. The van der Waals surface area contributed by atoms with Crippen LogP contribution in [0.25, 0.3) is 0 Å². The lowest BCUT2D eigenvalue weighted by molar-refractivity contribution is 0.866. The van der Waals surface area contributed by atoms with Crippen LogP contribution in [-0.2, 0) is 0 Å². The van der Waals surface area contributed by atoms with Gasteiger partial charge in [-0.3, -0.25) is 0 Å². The summed E-state index contributed by atoms with van der Waals surface area (Å²) in [5, 5.41) is 0. The quantitative estimate of drug-likeness (QED) is 0.242. The van der Waals surface area contributed by atoms with Gasteiger partial charge in [0.2, 0.25) is 0 Å². The van der Waals surface area contributed by atoms with Crippen LogP contribution in [0, 0.1) is 20.8 Å². The van der Waals surface area contributed by atoms with Crippen molar-refractivity contribution in [1.29, 1.82) is 0 Å². The molecule has 0 saturated heterocycles. The Labute approximate surface area is 248 Å². The Morgan fingerprint density at radius 1 is 0.300 bits per heavy atom. The van der Waals surface area contributed by atoms with Crippen LogP contribution in [-0.4, -0.2) is 0 Å². The summed E-state index contributed by atoms with van der Waals surface area (Å²) in [5.74, 6) is 2.62. The summed E-state index contributed by atoms with van der Waals surface area (Å²) in [4.78, 5) is 0. The lowest BCUT2D eigenvalue weighted by Crippen LogP contribution is -1.85. The molecule has 4 aromatic rings. The number of rotatable bonds is 4. The third kappa shape index (κ3) is 15.5. The van der Waals surface area contributed by atoms with Gasteiger partial charge in [0.25, 0.3) is 0 Å². The van der Waals surface area contributed by atoms with Gasteiger partial charge in [-0.1, -0.05) is 183 Å². The minimum Gasteiger partial charge on any atom is -0.0776 e. The van der Waals surface area contributed by atoms with E-state index in [1.165, 1.54) is 38.9 Å². The van der Waals surface area contributed by atoms with E-state index < -0.39 is 0 Å². The fourth-order valence-corrected chi connectivity index (χ4v) is 3.69. The number of aryl methyl sites for hydroxylation is 3. The van der Waals surface area contributed by atoms with Gasteiger partial charge in [0.1, 0.15) is 0 Å². The van der Waals surface area contributed by atoms with E-state index in [-0.39, 0.29) is 7.43 Å². The fraction of sp³-hybridized carbons (Fsp3) is 0.400. The summed E-state index contributed by atoms with van der Waals surface area (Å²) in [6.45, 7) is 24.0. The maximum atomic E-state index is 2.21. The maximum absolute atomic E-state index is 2.21. The van der Waals surface area contributed by atoms with E-state index in [2.05, 4.69) is 173 Å². The highest BCUT2D eigenvalue weighted by Gasteiger charge is 1.97. The lowest BCUT2D eigenvalue weighted by Gasteiger charge is -2.03. The summed E-state index contributed by atoms with van der Waals surface area (Å²) in [7, 11) is 0. The van der Waals surface area contributed by atoms with Gasteiger partial charge in [0.05, 0.1) is 0 Å².